The lowest BCUT2D eigenvalue weighted by Gasteiger charge is -2.41. The van der Waals surface area contributed by atoms with Crippen LogP contribution in [-0.2, 0) is 4.74 Å². The molecule has 8 nitrogen and oxygen atoms in total. The van der Waals surface area contributed by atoms with Gasteiger partial charge in [-0.25, -0.2) is 14.1 Å². The van der Waals surface area contributed by atoms with Crippen molar-refractivity contribution < 1.29 is 13.9 Å². The molecule has 1 aromatic carbocycles. The SMILES string of the molecule is Cc1cc(F)c(C(=O)NC2CC2)cc1-c1cnn(-c2cnc3ccc(C4CCN(C5COC5)CC4)cn23)c1. The standard InChI is InChI=1S/C29H31FN6O2/c1-18-10-26(30)25(29(37)33-22-3-4-22)11-24(18)21-12-32-36(15-21)28-13-31-27-5-2-20(14-35(27)28)19-6-8-34(9-7-19)23-16-38-17-23/h2,5,10-15,19,22-23H,3-4,6-9,16-17H2,1H3,(H,33,37). The van der Waals surface area contributed by atoms with Crippen LogP contribution in [0.5, 0.6) is 0 Å². The van der Waals surface area contributed by atoms with Crippen LogP contribution < -0.4 is 5.32 Å². The van der Waals surface area contributed by atoms with Crippen molar-refractivity contribution >= 4 is 11.6 Å². The van der Waals surface area contributed by atoms with Gasteiger partial charge in [-0.1, -0.05) is 6.07 Å². The average molecular weight is 515 g/mol. The number of halogens is 1. The molecule has 2 saturated heterocycles. The van der Waals surface area contributed by atoms with Crippen molar-refractivity contribution in [3.63, 3.8) is 0 Å². The third-order valence-corrected chi connectivity index (χ3v) is 8.25. The molecule has 38 heavy (non-hydrogen) atoms. The highest BCUT2D eigenvalue weighted by atomic mass is 19.1. The van der Waals surface area contributed by atoms with E-state index in [4.69, 9.17) is 4.74 Å². The number of carbonyl (C=O) groups is 1. The summed E-state index contributed by atoms with van der Waals surface area (Å²) in [7, 11) is 0. The lowest BCUT2D eigenvalue weighted by Crippen LogP contribution is -2.51. The molecule has 0 unspecified atom stereocenters. The van der Waals surface area contributed by atoms with E-state index in [1.807, 2.05) is 19.3 Å². The number of ether oxygens (including phenoxy) is 1. The van der Waals surface area contributed by atoms with Gasteiger partial charge >= 0.3 is 0 Å². The van der Waals surface area contributed by atoms with E-state index in [0.29, 0.717) is 12.0 Å². The minimum Gasteiger partial charge on any atom is -0.378 e. The van der Waals surface area contributed by atoms with Gasteiger partial charge < -0.3 is 10.1 Å². The Balaban J connectivity index is 1.15. The van der Waals surface area contributed by atoms with Crippen LogP contribution in [0, 0.1) is 12.7 Å². The third-order valence-electron chi connectivity index (χ3n) is 8.25. The van der Waals surface area contributed by atoms with Crippen LogP contribution in [0.15, 0.2) is 49.1 Å². The largest absolute Gasteiger partial charge is 0.378 e. The minimum atomic E-state index is -0.502. The number of carbonyl (C=O) groups excluding carboxylic acids is 1. The minimum absolute atomic E-state index is 0.0700. The zero-order valence-electron chi connectivity index (χ0n) is 21.4. The highest BCUT2D eigenvalue weighted by Crippen LogP contribution is 2.31. The van der Waals surface area contributed by atoms with Crippen LogP contribution in [-0.4, -0.2) is 68.4 Å². The fourth-order valence-electron chi connectivity index (χ4n) is 5.66. The van der Waals surface area contributed by atoms with Gasteiger partial charge in [0.05, 0.1) is 37.2 Å². The number of nitrogens with one attached hydrogen (secondary N) is 1. The molecule has 1 saturated carbocycles. The molecule has 3 aliphatic rings. The van der Waals surface area contributed by atoms with E-state index in [2.05, 4.69) is 43.0 Å². The molecule has 0 radical (unpaired) electrons. The number of benzene rings is 1. The molecule has 1 aliphatic carbocycles. The van der Waals surface area contributed by atoms with E-state index >= 15 is 0 Å². The Morgan fingerprint density at radius 1 is 1.08 bits per heavy atom. The molecule has 0 bridgehead atoms. The number of fused-ring (bicyclic) bond motifs is 1. The Labute approximate surface area is 220 Å². The summed E-state index contributed by atoms with van der Waals surface area (Å²) >= 11 is 0. The Hall–Kier alpha value is -3.56. The Bertz CT molecular complexity index is 1510. The second kappa shape index (κ2) is 9.32. The molecule has 4 aromatic rings. The topological polar surface area (TPSA) is 76.7 Å². The molecule has 7 rings (SSSR count). The van der Waals surface area contributed by atoms with E-state index in [9.17, 15) is 9.18 Å². The monoisotopic (exact) mass is 514 g/mol. The van der Waals surface area contributed by atoms with Crippen molar-refractivity contribution in [3.8, 4) is 16.9 Å². The van der Waals surface area contributed by atoms with Gasteiger partial charge in [-0.15, -0.1) is 0 Å². The van der Waals surface area contributed by atoms with Crippen molar-refractivity contribution in [2.45, 2.75) is 50.6 Å². The van der Waals surface area contributed by atoms with Crippen LogP contribution in [0.3, 0.4) is 0 Å². The Morgan fingerprint density at radius 2 is 1.89 bits per heavy atom. The maximum absolute atomic E-state index is 14.6. The highest BCUT2D eigenvalue weighted by molar-refractivity contribution is 5.96. The summed E-state index contributed by atoms with van der Waals surface area (Å²) in [6.07, 6.45) is 11.9. The summed E-state index contributed by atoms with van der Waals surface area (Å²) in [5.74, 6) is 0.489. The maximum Gasteiger partial charge on any atom is 0.254 e. The number of aromatic nitrogens is 4. The van der Waals surface area contributed by atoms with Crippen molar-refractivity contribution in [3.05, 3.63) is 71.6 Å². The summed E-state index contributed by atoms with van der Waals surface area (Å²) in [5.41, 5.74) is 4.61. The predicted octanol–water partition coefficient (Wildman–Crippen LogP) is 4.10. The maximum atomic E-state index is 14.6. The molecule has 3 aromatic heterocycles. The van der Waals surface area contributed by atoms with Gasteiger partial charge in [0.25, 0.3) is 5.91 Å². The zero-order valence-corrected chi connectivity index (χ0v) is 21.4. The van der Waals surface area contributed by atoms with Gasteiger partial charge in [-0.3, -0.25) is 14.1 Å². The zero-order chi connectivity index (χ0) is 25.8. The highest BCUT2D eigenvalue weighted by Gasteiger charge is 2.30. The van der Waals surface area contributed by atoms with Crippen LogP contribution in [0.1, 0.15) is 53.1 Å². The van der Waals surface area contributed by atoms with Gasteiger partial charge in [-0.05, 0) is 86.5 Å². The summed E-state index contributed by atoms with van der Waals surface area (Å²) in [5, 5.41) is 7.50. The van der Waals surface area contributed by atoms with Gasteiger partial charge in [0.1, 0.15) is 11.5 Å². The third kappa shape index (κ3) is 4.29. The first-order valence-electron chi connectivity index (χ1n) is 13.5. The van der Waals surface area contributed by atoms with Crippen molar-refractivity contribution in [2.75, 3.05) is 26.3 Å². The lowest BCUT2D eigenvalue weighted by atomic mass is 9.89. The van der Waals surface area contributed by atoms with Gasteiger partial charge in [-0.2, -0.15) is 5.10 Å². The molecule has 196 valence electrons. The van der Waals surface area contributed by atoms with Crippen LogP contribution in [0.4, 0.5) is 4.39 Å². The molecular formula is C29H31FN6O2. The number of piperidine rings is 1. The van der Waals surface area contributed by atoms with Crippen molar-refractivity contribution in [1.82, 2.24) is 29.4 Å². The van der Waals surface area contributed by atoms with E-state index in [1.54, 1.807) is 16.9 Å². The van der Waals surface area contributed by atoms with E-state index in [0.717, 1.165) is 80.1 Å². The smallest absolute Gasteiger partial charge is 0.254 e. The Kier molecular flexibility index (Phi) is 5.78. The molecule has 3 fully saturated rings. The summed E-state index contributed by atoms with van der Waals surface area (Å²) in [6.45, 7) is 5.80. The first kappa shape index (κ1) is 23.5. The molecule has 5 heterocycles. The molecule has 1 amide bonds. The molecule has 2 aliphatic heterocycles. The van der Waals surface area contributed by atoms with Gasteiger partial charge in [0, 0.05) is 24.0 Å². The average Bonchev–Trinajstić information content (AvgIpc) is 3.39. The number of pyridine rings is 1. The van der Waals surface area contributed by atoms with E-state index < -0.39 is 5.82 Å². The van der Waals surface area contributed by atoms with E-state index in [1.165, 1.54) is 11.6 Å². The van der Waals surface area contributed by atoms with Crippen molar-refractivity contribution in [1.29, 1.82) is 0 Å². The number of hydrogen-bond acceptors (Lipinski definition) is 5. The fraction of sp³-hybridized carbons (Fsp3) is 0.414. The number of hydrogen-bond donors (Lipinski definition) is 1. The number of rotatable bonds is 6. The first-order valence-corrected chi connectivity index (χ1v) is 13.5. The number of nitrogens with zero attached hydrogens (tertiary/aromatic N) is 5. The van der Waals surface area contributed by atoms with Crippen LogP contribution >= 0.6 is 0 Å². The van der Waals surface area contributed by atoms with E-state index in [-0.39, 0.29) is 17.5 Å². The van der Waals surface area contributed by atoms with Crippen molar-refractivity contribution in [2.24, 2.45) is 0 Å². The number of aryl methyl sites for hydroxylation is 1. The molecule has 9 heteroatoms. The second-order valence-corrected chi connectivity index (χ2v) is 10.9. The van der Waals surface area contributed by atoms with Gasteiger partial charge in [0.15, 0.2) is 5.82 Å². The fourth-order valence-corrected chi connectivity index (χ4v) is 5.66. The van der Waals surface area contributed by atoms with Crippen LogP contribution in [0.25, 0.3) is 22.6 Å². The first-order chi connectivity index (χ1) is 18.5. The summed E-state index contributed by atoms with van der Waals surface area (Å²) in [6, 6.07) is 8.10. The predicted molar refractivity (Wildman–Crippen MR) is 141 cm³/mol. The quantitative estimate of drug-likeness (QED) is 0.419. The van der Waals surface area contributed by atoms with Gasteiger partial charge in [0.2, 0.25) is 0 Å². The second-order valence-electron chi connectivity index (χ2n) is 10.9. The molecular weight excluding hydrogens is 483 g/mol. The molecule has 0 atom stereocenters. The molecule has 1 N–H and O–H groups in total. The normalized spacial score (nSPS) is 19.1. The summed E-state index contributed by atoms with van der Waals surface area (Å²) in [4.78, 5) is 19.7. The van der Waals surface area contributed by atoms with Crippen LogP contribution in [0.2, 0.25) is 0 Å². The number of amides is 1. The number of likely N-dealkylation sites (tertiary alicyclic amines) is 1. The molecule has 0 spiro atoms. The number of imidazole rings is 1. The lowest BCUT2D eigenvalue weighted by molar-refractivity contribution is -0.0712. The summed E-state index contributed by atoms with van der Waals surface area (Å²) < 4.78 is 23.9. The Morgan fingerprint density at radius 3 is 2.63 bits per heavy atom.